The predicted octanol–water partition coefficient (Wildman–Crippen LogP) is 3.35. The summed E-state index contributed by atoms with van der Waals surface area (Å²) in [5, 5.41) is 7.08. The van der Waals surface area contributed by atoms with Crippen LogP contribution in [-0.2, 0) is 7.05 Å². The SMILES string of the molecule is Cc1c(NC(=S)NC2CCCCC2C)c(=O)n(-c2ccccc2)n1C. The molecule has 1 aliphatic carbocycles. The van der Waals surface area contributed by atoms with E-state index in [9.17, 15) is 4.79 Å². The highest BCUT2D eigenvalue weighted by atomic mass is 32.1. The molecular weight excluding hydrogens is 332 g/mol. The van der Waals surface area contributed by atoms with Gasteiger partial charge in [0.1, 0.15) is 5.69 Å². The Morgan fingerprint density at radius 2 is 1.88 bits per heavy atom. The Kier molecular flexibility index (Phi) is 5.27. The Bertz CT molecular complexity index is 809. The minimum atomic E-state index is -0.0907. The van der Waals surface area contributed by atoms with Crippen molar-refractivity contribution in [2.75, 3.05) is 5.32 Å². The molecule has 0 amide bonds. The van der Waals surface area contributed by atoms with Gasteiger partial charge in [0.2, 0.25) is 0 Å². The van der Waals surface area contributed by atoms with Crippen LogP contribution in [0.1, 0.15) is 38.3 Å². The number of hydrogen-bond donors (Lipinski definition) is 2. The van der Waals surface area contributed by atoms with Crippen molar-refractivity contribution in [1.29, 1.82) is 0 Å². The highest BCUT2D eigenvalue weighted by Gasteiger charge is 2.23. The average Bonchev–Trinajstić information content (AvgIpc) is 2.81. The first kappa shape index (κ1) is 17.7. The maximum atomic E-state index is 12.9. The normalized spacial score (nSPS) is 20.3. The van der Waals surface area contributed by atoms with Gasteiger partial charge in [-0.3, -0.25) is 9.48 Å². The summed E-state index contributed by atoms with van der Waals surface area (Å²) in [6.45, 7) is 4.19. The van der Waals surface area contributed by atoms with Crippen molar-refractivity contribution >= 4 is 23.0 Å². The summed E-state index contributed by atoms with van der Waals surface area (Å²) in [7, 11) is 1.88. The zero-order valence-electron chi connectivity index (χ0n) is 15.1. The summed E-state index contributed by atoms with van der Waals surface area (Å²) in [4.78, 5) is 12.9. The van der Waals surface area contributed by atoms with E-state index in [2.05, 4.69) is 17.6 Å². The molecule has 1 heterocycles. The Morgan fingerprint density at radius 3 is 2.56 bits per heavy atom. The molecule has 0 bridgehead atoms. The van der Waals surface area contributed by atoms with Gasteiger partial charge in [-0.25, -0.2) is 4.68 Å². The van der Waals surface area contributed by atoms with Gasteiger partial charge in [-0.15, -0.1) is 0 Å². The summed E-state index contributed by atoms with van der Waals surface area (Å²) in [6, 6.07) is 10.0. The lowest BCUT2D eigenvalue weighted by Crippen LogP contribution is -2.43. The van der Waals surface area contributed by atoms with Gasteiger partial charge < -0.3 is 10.6 Å². The van der Waals surface area contributed by atoms with Crippen molar-refractivity contribution in [2.45, 2.75) is 45.6 Å². The van der Waals surface area contributed by atoms with Crippen LogP contribution in [0.25, 0.3) is 5.69 Å². The van der Waals surface area contributed by atoms with Gasteiger partial charge in [-0.2, -0.15) is 0 Å². The van der Waals surface area contributed by atoms with E-state index >= 15 is 0 Å². The fourth-order valence-corrected chi connectivity index (χ4v) is 3.81. The molecule has 0 spiro atoms. The Morgan fingerprint density at radius 1 is 1.20 bits per heavy atom. The maximum Gasteiger partial charge on any atom is 0.295 e. The molecular formula is C19H26N4OS. The van der Waals surface area contributed by atoms with E-state index in [1.807, 2.05) is 49.0 Å². The van der Waals surface area contributed by atoms with Crippen LogP contribution in [0, 0.1) is 12.8 Å². The van der Waals surface area contributed by atoms with Gasteiger partial charge in [-0.1, -0.05) is 38.0 Å². The molecule has 1 aromatic heterocycles. The van der Waals surface area contributed by atoms with Gasteiger partial charge in [-0.05, 0) is 50.0 Å². The third-order valence-electron chi connectivity index (χ3n) is 5.22. The smallest absolute Gasteiger partial charge is 0.295 e. The fourth-order valence-electron chi connectivity index (χ4n) is 3.56. The van der Waals surface area contributed by atoms with E-state index in [4.69, 9.17) is 12.2 Å². The summed E-state index contributed by atoms with van der Waals surface area (Å²) < 4.78 is 3.51. The number of anilines is 1. The number of nitrogens with one attached hydrogen (secondary N) is 2. The summed E-state index contributed by atoms with van der Waals surface area (Å²) in [5.74, 6) is 0.603. The molecule has 3 rings (SSSR count). The van der Waals surface area contributed by atoms with E-state index in [0.29, 0.717) is 22.8 Å². The zero-order chi connectivity index (χ0) is 18.0. The minimum Gasteiger partial charge on any atom is -0.359 e. The fraction of sp³-hybridized carbons (Fsp3) is 0.474. The molecule has 2 atom stereocenters. The van der Waals surface area contributed by atoms with Crippen molar-refractivity contribution in [2.24, 2.45) is 13.0 Å². The third kappa shape index (κ3) is 3.63. The molecule has 1 aliphatic rings. The number of nitrogens with zero attached hydrogens (tertiary/aromatic N) is 2. The highest BCUT2D eigenvalue weighted by molar-refractivity contribution is 7.80. The van der Waals surface area contributed by atoms with Gasteiger partial charge in [0.15, 0.2) is 5.11 Å². The molecule has 6 heteroatoms. The van der Waals surface area contributed by atoms with Crippen LogP contribution in [-0.4, -0.2) is 20.5 Å². The largest absolute Gasteiger partial charge is 0.359 e. The summed E-state index contributed by atoms with van der Waals surface area (Å²) in [5.41, 5.74) is 2.14. The summed E-state index contributed by atoms with van der Waals surface area (Å²) in [6.07, 6.45) is 4.88. The van der Waals surface area contributed by atoms with E-state index in [1.54, 1.807) is 4.68 Å². The van der Waals surface area contributed by atoms with Crippen LogP contribution >= 0.6 is 12.2 Å². The number of hydrogen-bond acceptors (Lipinski definition) is 2. The number of rotatable bonds is 3. The molecule has 1 aromatic carbocycles. The van der Waals surface area contributed by atoms with Gasteiger partial charge >= 0.3 is 0 Å². The quantitative estimate of drug-likeness (QED) is 0.826. The van der Waals surface area contributed by atoms with Crippen molar-refractivity contribution in [3.05, 3.63) is 46.4 Å². The first-order valence-electron chi connectivity index (χ1n) is 8.90. The van der Waals surface area contributed by atoms with Crippen molar-refractivity contribution in [3.8, 4) is 5.69 Å². The Balaban J connectivity index is 1.81. The van der Waals surface area contributed by atoms with Crippen LogP contribution in [0.2, 0.25) is 0 Å². The molecule has 0 saturated heterocycles. The van der Waals surface area contributed by atoms with E-state index in [1.165, 1.54) is 19.3 Å². The summed E-state index contributed by atoms with van der Waals surface area (Å²) >= 11 is 5.48. The molecule has 25 heavy (non-hydrogen) atoms. The van der Waals surface area contributed by atoms with Gasteiger partial charge in [0, 0.05) is 13.1 Å². The Labute approximate surface area is 154 Å². The van der Waals surface area contributed by atoms with Crippen molar-refractivity contribution in [1.82, 2.24) is 14.7 Å². The zero-order valence-corrected chi connectivity index (χ0v) is 15.9. The molecule has 2 N–H and O–H groups in total. The second-order valence-corrected chi connectivity index (χ2v) is 7.31. The lowest BCUT2D eigenvalue weighted by atomic mass is 9.86. The standard InChI is InChI=1S/C19H26N4OS/c1-13-9-7-8-12-16(13)20-19(25)21-17-14(2)22(3)23(18(17)24)15-10-5-4-6-11-15/h4-6,10-11,13,16H,7-9,12H2,1-3H3,(H2,20,21,25). The minimum absolute atomic E-state index is 0.0907. The van der Waals surface area contributed by atoms with Crippen LogP contribution in [0.4, 0.5) is 5.69 Å². The molecule has 1 fully saturated rings. The monoisotopic (exact) mass is 358 g/mol. The lowest BCUT2D eigenvalue weighted by Gasteiger charge is -2.30. The van der Waals surface area contributed by atoms with Crippen LogP contribution in [0.15, 0.2) is 35.1 Å². The number of aromatic nitrogens is 2. The van der Waals surface area contributed by atoms with Gasteiger partial charge in [0.05, 0.1) is 11.4 Å². The molecule has 2 unspecified atom stereocenters. The van der Waals surface area contributed by atoms with Gasteiger partial charge in [0.25, 0.3) is 5.56 Å². The van der Waals surface area contributed by atoms with Crippen LogP contribution in [0.3, 0.4) is 0 Å². The van der Waals surface area contributed by atoms with E-state index < -0.39 is 0 Å². The molecule has 134 valence electrons. The van der Waals surface area contributed by atoms with E-state index in [0.717, 1.165) is 17.8 Å². The molecule has 1 saturated carbocycles. The predicted molar refractivity (Wildman–Crippen MR) is 107 cm³/mol. The van der Waals surface area contributed by atoms with Crippen molar-refractivity contribution in [3.63, 3.8) is 0 Å². The second-order valence-electron chi connectivity index (χ2n) is 6.90. The third-order valence-corrected chi connectivity index (χ3v) is 5.44. The van der Waals surface area contributed by atoms with E-state index in [-0.39, 0.29) is 5.56 Å². The number of thiocarbonyl (C=S) groups is 1. The highest BCUT2D eigenvalue weighted by Crippen LogP contribution is 2.24. The van der Waals surface area contributed by atoms with Crippen LogP contribution < -0.4 is 16.2 Å². The molecule has 2 aromatic rings. The van der Waals surface area contributed by atoms with Crippen LogP contribution in [0.5, 0.6) is 0 Å². The first-order valence-corrected chi connectivity index (χ1v) is 9.31. The lowest BCUT2D eigenvalue weighted by molar-refractivity contribution is 0.309. The molecule has 0 radical (unpaired) electrons. The first-order chi connectivity index (χ1) is 12.0. The number of para-hydroxylation sites is 1. The number of benzene rings is 1. The van der Waals surface area contributed by atoms with Crippen molar-refractivity contribution < 1.29 is 0 Å². The topological polar surface area (TPSA) is 51.0 Å². The molecule has 0 aliphatic heterocycles. The maximum absolute atomic E-state index is 12.9. The Hall–Kier alpha value is -2.08. The molecule has 5 nitrogen and oxygen atoms in total. The average molecular weight is 359 g/mol. The second kappa shape index (κ2) is 7.44.